The van der Waals surface area contributed by atoms with Gasteiger partial charge in [0.1, 0.15) is 0 Å². The van der Waals surface area contributed by atoms with Gasteiger partial charge in [-0.25, -0.2) is 0 Å². The molecule has 0 saturated heterocycles. The average Bonchev–Trinajstić information content (AvgIpc) is 3.43. The molecule has 0 aliphatic rings. The number of aromatic nitrogens is 1. The molecule has 0 atom stereocenters. The van der Waals surface area contributed by atoms with Crippen LogP contribution in [0.25, 0.3) is 64.2 Å². The van der Waals surface area contributed by atoms with E-state index >= 15 is 0 Å². The lowest BCUT2D eigenvalue weighted by Gasteiger charge is -2.05. The van der Waals surface area contributed by atoms with Crippen LogP contribution in [-0.2, 0) is 0 Å². The summed E-state index contributed by atoms with van der Waals surface area (Å²) in [7, 11) is 0. The van der Waals surface area contributed by atoms with Gasteiger partial charge in [-0.3, -0.25) is 0 Å². The normalized spacial score (nSPS) is 11.8. The van der Waals surface area contributed by atoms with Gasteiger partial charge in [0, 0.05) is 31.8 Å². The van der Waals surface area contributed by atoms with Crippen molar-refractivity contribution >= 4 is 53.3 Å². The van der Waals surface area contributed by atoms with E-state index in [1.54, 1.807) is 0 Å². The van der Waals surface area contributed by atoms with Crippen LogP contribution >= 0.6 is 11.3 Å². The van der Waals surface area contributed by atoms with E-state index in [1.165, 1.54) is 64.2 Å². The quantitative estimate of drug-likeness (QED) is 0.284. The van der Waals surface area contributed by atoms with Gasteiger partial charge in [0.15, 0.2) is 0 Å². The Morgan fingerprint density at radius 3 is 1.97 bits per heavy atom. The van der Waals surface area contributed by atoms with Crippen molar-refractivity contribution in [3.8, 4) is 22.3 Å². The maximum absolute atomic E-state index is 3.70. The van der Waals surface area contributed by atoms with E-state index in [0.29, 0.717) is 0 Å². The van der Waals surface area contributed by atoms with Crippen LogP contribution in [-0.4, -0.2) is 4.98 Å². The summed E-state index contributed by atoms with van der Waals surface area (Å²) >= 11 is 1.88. The zero-order chi connectivity index (χ0) is 21.1. The predicted molar refractivity (Wildman–Crippen MR) is 140 cm³/mol. The number of fused-ring (bicyclic) bond motifs is 7. The minimum atomic E-state index is 1.19. The molecule has 0 bridgehead atoms. The van der Waals surface area contributed by atoms with Gasteiger partial charge in [-0.05, 0) is 40.5 Å². The largest absolute Gasteiger partial charge is 0.353 e. The number of benzene rings is 5. The van der Waals surface area contributed by atoms with Crippen LogP contribution in [0, 0.1) is 0 Å². The summed E-state index contributed by atoms with van der Waals surface area (Å²) in [6.45, 7) is 0. The molecule has 150 valence electrons. The zero-order valence-corrected chi connectivity index (χ0v) is 18.1. The number of nitrogens with one attached hydrogen (secondary N) is 1. The Labute approximate surface area is 189 Å². The summed E-state index contributed by atoms with van der Waals surface area (Å²) in [6, 6.07) is 39.4. The van der Waals surface area contributed by atoms with Crippen LogP contribution in [0.15, 0.2) is 109 Å². The van der Waals surface area contributed by atoms with Crippen molar-refractivity contribution in [1.82, 2.24) is 4.98 Å². The summed E-state index contributed by atoms with van der Waals surface area (Å²) in [4.78, 5) is 3.70. The third kappa shape index (κ3) is 2.63. The minimum Gasteiger partial charge on any atom is -0.353 e. The highest BCUT2D eigenvalue weighted by molar-refractivity contribution is 7.26. The predicted octanol–water partition coefficient (Wildman–Crippen LogP) is 9.02. The maximum atomic E-state index is 3.70. The molecule has 7 aromatic rings. The van der Waals surface area contributed by atoms with Crippen LogP contribution in [0.2, 0.25) is 0 Å². The summed E-state index contributed by atoms with van der Waals surface area (Å²) in [6.07, 6.45) is 0. The van der Waals surface area contributed by atoms with Gasteiger partial charge in [-0.15, -0.1) is 11.3 Å². The Morgan fingerprint density at radius 1 is 0.469 bits per heavy atom. The number of rotatable bonds is 2. The zero-order valence-electron chi connectivity index (χ0n) is 17.3. The Kier molecular flexibility index (Phi) is 3.78. The molecule has 0 saturated carbocycles. The van der Waals surface area contributed by atoms with Crippen LogP contribution in [0.5, 0.6) is 0 Å². The van der Waals surface area contributed by atoms with Gasteiger partial charge >= 0.3 is 0 Å². The second kappa shape index (κ2) is 6.81. The standard InChI is InChI=1S/C30H19NS/c1-2-6-19(7-3-1)20-10-12-21(13-11-20)22-14-17-27-26(18-22)24-15-16-25-23-8-4-5-9-28(23)32-30(25)29(24)31-27/h1-18,31H. The van der Waals surface area contributed by atoms with Crippen molar-refractivity contribution in [3.63, 3.8) is 0 Å². The maximum Gasteiger partial charge on any atom is 0.0646 e. The number of aromatic amines is 1. The first-order chi connectivity index (χ1) is 15.8. The number of thiophene rings is 1. The molecular formula is C30H19NS. The highest BCUT2D eigenvalue weighted by Gasteiger charge is 2.13. The summed E-state index contributed by atoms with van der Waals surface area (Å²) in [5.41, 5.74) is 7.41. The lowest BCUT2D eigenvalue weighted by Crippen LogP contribution is -1.80. The van der Waals surface area contributed by atoms with Crippen molar-refractivity contribution in [3.05, 3.63) is 109 Å². The SMILES string of the molecule is c1ccc(-c2ccc(-c3ccc4[nH]c5c(ccc6c7ccccc7sc65)c4c3)cc2)cc1. The molecule has 0 fully saturated rings. The molecule has 0 radical (unpaired) electrons. The van der Waals surface area contributed by atoms with Crippen LogP contribution in [0.1, 0.15) is 0 Å². The van der Waals surface area contributed by atoms with E-state index in [0.717, 1.165) is 0 Å². The Balaban J connectivity index is 1.38. The van der Waals surface area contributed by atoms with Crippen LogP contribution in [0.4, 0.5) is 0 Å². The van der Waals surface area contributed by atoms with E-state index in [-0.39, 0.29) is 0 Å². The van der Waals surface area contributed by atoms with Crippen molar-refractivity contribution in [2.45, 2.75) is 0 Å². The lowest BCUT2D eigenvalue weighted by atomic mass is 9.99. The van der Waals surface area contributed by atoms with E-state index in [1.807, 2.05) is 11.3 Å². The molecule has 5 aromatic carbocycles. The molecule has 0 spiro atoms. The highest BCUT2D eigenvalue weighted by atomic mass is 32.1. The third-order valence-corrected chi connectivity index (χ3v) is 7.65. The lowest BCUT2D eigenvalue weighted by molar-refractivity contribution is 1.56. The van der Waals surface area contributed by atoms with Gasteiger partial charge < -0.3 is 4.98 Å². The third-order valence-electron chi connectivity index (χ3n) is 6.44. The molecule has 32 heavy (non-hydrogen) atoms. The van der Waals surface area contributed by atoms with E-state index in [2.05, 4.69) is 114 Å². The monoisotopic (exact) mass is 425 g/mol. The van der Waals surface area contributed by atoms with Crippen molar-refractivity contribution in [2.24, 2.45) is 0 Å². The van der Waals surface area contributed by atoms with Gasteiger partial charge in [0.25, 0.3) is 0 Å². The van der Waals surface area contributed by atoms with E-state index in [4.69, 9.17) is 0 Å². The van der Waals surface area contributed by atoms with E-state index in [9.17, 15) is 0 Å². The number of hydrogen-bond donors (Lipinski definition) is 1. The van der Waals surface area contributed by atoms with Gasteiger partial charge in [0.2, 0.25) is 0 Å². The molecule has 7 rings (SSSR count). The van der Waals surface area contributed by atoms with Crippen LogP contribution in [0.3, 0.4) is 0 Å². The first kappa shape index (κ1) is 17.8. The summed E-state index contributed by atoms with van der Waals surface area (Å²) in [5.74, 6) is 0. The molecular weight excluding hydrogens is 406 g/mol. The minimum absolute atomic E-state index is 1.19. The Morgan fingerprint density at radius 2 is 1.12 bits per heavy atom. The van der Waals surface area contributed by atoms with Crippen molar-refractivity contribution in [1.29, 1.82) is 0 Å². The molecule has 1 nitrogen and oxygen atoms in total. The van der Waals surface area contributed by atoms with Gasteiger partial charge in [0.05, 0.1) is 10.2 Å². The molecule has 2 aromatic heterocycles. The van der Waals surface area contributed by atoms with Gasteiger partial charge in [-0.2, -0.15) is 0 Å². The molecule has 0 unspecified atom stereocenters. The fraction of sp³-hybridized carbons (Fsp3) is 0. The fourth-order valence-corrected chi connectivity index (χ4v) is 6.02. The molecule has 0 aliphatic heterocycles. The Hall–Kier alpha value is -3.88. The second-order valence-electron chi connectivity index (χ2n) is 8.29. The number of hydrogen-bond acceptors (Lipinski definition) is 1. The molecule has 0 amide bonds. The molecule has 0 aliphatic carbocycles. The van der Waals surface area contributed by atoms with Crippen molar-refractivity contribution in [2.75, 3.05) is 0 Å². The average molecular weight is 426 g/mol. The molecule has 2 heteroatoms. The second-order valence-corrected chi connectivity index (χ2v) is 9.34. The summed E-state index contributed by atoms with van der Waals surface area (Å²) < 4.78 is 2.68. The van der Waals surface area contributed by atoms with Gasteiger partial charge in [-0.1, -0.05) is 91.0 Å². The first-order valence-corrected chi connectivity index (χ1v) is 11.7. The summed E-state index contributed by atoms with van der Waals surface area (Å²) in [5, 5.41) is 5.25. The Bertz CT molecular complexity index is 1750. The van der Waals surface area contributed by atoms with Crippen LogP contribution < -0.4 is 0 Å². The fourth-order valence-electron chi connectivity index (χ4n) is 4.81. The first-order valence-electron chi connectivity index (χ1n) is 10.9. The smallest absolute Gasteiger partial charge is 0.0646 e. The number of H-pyrrole nitrogens is 1. The molecule has 1 N–H and O–H groups in total. The molecule has 2 heterocycles. The topological polar surface area (TPSA) is 15.8 Å². The van der Waals surface area contributed by atoms with Crippen molar-refractivity contribution < 1.29 is 0 Å². The highest BCUT2D eigenvalue weighted by Crippen LogP contribution is 2.40. The van der Waals surface area contributed by atoms with E-state index < -0.39 is 0 Å².